The molecule has 32 heavy (non-hydrogen) atoms. The quantitative estimate of drug-likeness (QED) is 0.0656. The molecule has 3 atom stereocenters. The van der Waals surface area contributed by atoms with Gasteiger partial charge in [0, 0.05) is 19.3 Å². The van der Waals surface area contributed by atoms with E-state index in [9.17, 15) is 28.8 Å². The first-order valence-electron chi connectivity index (χ1n) is 9.44. The highest BCUT2D eigenvalue weighted by Crippen LogP contribution is 2.03. The fourth-order valence-electron chi connectivity index (χ4n) is 2.40. The van der Waals surface area contributed by atoms with Gasteiger partial charge < -0.3 is 16.4 Å². The minimum absolute atomic E-state index is 0.0728. The molecular weight excluding hydrogens is 430 g/mol. The third-order valence-electron chi connectivity index (χ3n) is 4.23. The molecule has 0 unspecified atom stereocenters. The standard InChI is InChI=1S/C15H31N11O6/c16-7(13(30)22-9(15(32)26-20)3-6-12(29)24-18)1-4-10(27)21-8(14(31)25-19)2-5-11(28)23-17/h7-9H,1-6,16-20H2,(H,21,27)(H,22,30)(H,23,28)(H,24,29)(H,25,31)(H,26,32)/t7-,8-,9-/m0/s1. The molecule has 0 aromatic heterocycles. The lowest BCUT2D eigenvalue weighted by atomic mass is 10.1. The predicted molar refractivity (Wildman–Crippen MR) is 109 cm³/mol. The zero-order valence-corrected chi connectivity index (χ0v) is 17.3. The Balaban J connectivity index is 4.75. The molecule has 0 aliphatic carbocycles. The third kappa shape index (κ3) is 11.1. The number of hydrogen-bond acceptors (Lipinski definition) is 11. The van der Waals surface area contributed by atoms with Crippen molar-refractivity contribution in [1.82, 2.24) is 32.3 Å². The number of carbonyl (C=O) groups excluding carboxylic acids is 6. The summed E-state index contributed by atoms with van der Waals surface area (Å²) in [5, 5.41) is 4.71. The number of nitrogens with two attached hydrogens (primary N) is 5. The highest BCUT2D eigenvalue weighted by Gasteiger charge is 2.25. The predicted octanol–water partition coefficient (Wildman–Crippen LogP) is -6.42. The van der Waals surface area contributed by atoms with Gasteiger partial charge in [0.1, 0.15) is 12.1 Å². The Bertz CT molecular complexity index is 689. The molecule has 17 heteroatoms. The summed E-state index contributed by atoms with van der Waals surface area (Å²) in [5.41, 5.74) is 13.2. The van der Waals surface area contributed by atoms with Crippen LogP contribution in [-0.4, -0.2) is 53.6 Å². The Morgan fingerprint density at radius 2 is 0.938 bits per heavy atom. The van der Waals surface area contributed by atoms with Crippen LogP contribution in [0.1, 0.15) is 38.5 Å². The van der Waals surface area contributed by atoms with E-state index in [0.29, 0.717) is 0 Å². The Morgan fingerprint density at radius 3 is 1.34 bits per heavy atom. The number of nitrogens with one attached hydrogen (secondary N) is 6. The van der Waals surface area contributed by atoms with Crippen LogP contribution in [0.2, 0.25) is 0 Å². The molecule has 0 rings (SSSR count). The van der Waals surface area contributed by atoms with E-state index in [1.165, 1.54) is 0 Å². The highest BCUT2D eigenvalue weighted by molar-refractivity contribution is 5.91. The van der Waals surface area contributed by atoms with E-state index in [-0.39, 0.29) is 38.5 Å². The van der Waals surface area contributed by atoms with E-state index in [0.717, 1.165) is 0 Å². The zero-order valence-electron chi connectivity index (χ0n) is 17.3. The molecule has 0 saturated heterocycles. The Labute approximate surface area is 183 Å². The van der Waals surface area contributed by atoms with Crippen molar-refractivity contribution in [3.05, 3.63) is 0 Å². The smallest absolute Gasteiger partial charge is 0.256 e. The first-order valence-corrected chi connectivity index (χ1v) is 9.44. The lowest BCUT2D eigenvalue weighted by Crippen LogP contribution is -2.53. The fourth-order valence-corrected chi connectivity index (χ4v) is 2.40. The Kier molecular flexibility index (Phi) is 13.8. The van der Waals surface area contributed by atoms with Gasteiger partial charge in [-0.3, -0.25) is 50.5 Å². The van der Waals surface area contributed by atoms with Crippen LogP contribution in [0.25, 0.3) is 0 Å². The van der Waals surface area contributed by atoms with Crippen LogP contribution in [-0.2, 0) is 28.8 Å². The van der Waals surface area contributed by atoms with Crippen molar-refractivity contribution in [2.75, 3.05) is 0 Å². The summed E-state index contributed by atoms with van der Waals surface area (Å²) in [7, 11) is 0. The molecule has 0 saturated carbocycles. The van der Waals surface area contributed by atoms with Gasteiger partial charge in [0.2, 0.25) is 23.6 Å². The number of carbonyl (C=O) groups is 6. The van der Waals surface area contributed by atoms with E-state index in [1.807, 2.05) is 21.7 Å². The highest BCUT2D eigenvalue weighted by atomic mass is 16.2. The van der Waals surface area contributed by atoms with E-state index >= 15 is 0 Å². The minimum atomic E-state index is -1.19. The molecule has 0 aromatic rings. The maximum atomic E-state index is 12.2. The number of rotatable bonds is 14. The summed E-state index contributed by atoms with van der Waals surface area (Å²) in [6.07, 6.45) is -0.885. The van der Waals surface area contributed by atoms with Gasteiger partial charge in [0.05, 0.1) is 6.04 Å². The van der Waals surface area contributed by atoms with Crippen LogP contribution in [0.3, 0.4) is 0 Å². The first kappa shape index (κ1) is 28.6. The summed E-state index contributed by atoms with van der Waals surface area (Å²) in [6, 6.07) is -3.46. The van der Waals surface area contributed by atoms with Crippen molar-refractivity contribution in [1.29, 1.82) is 0 Å². The second kappa shape index (κ2) is 15.4. The van der Waals surface area contributed by atoms with Crippen molar-refractivity contribution < 1.29 is 28.8 Å². The van der Waals surface area contributed by atoms with E-state index in [4.69, 9.17) is 29.1 Å². The number of amides is 6. The fraction of sp³-hybridized carbons (Fsp3) is 0.600. The molecule has 0 aliphatic heterocycles. The van der Waals surface area contributed by atoms with Gasteiger partial charge in [-0.2, -0.15) is 0 Å². The Morgan fingerprint density at radius 1 is 0.531 bits per heavy atom. The number of hydrogen-bond donors (Lipinski definition) is 11. The van der Waals surface area contributed by atoms with Gasteiger partial charge in [0.15, 0.2) is 0 Å². The summed E-state index contributed by atoms with van der Waals surface area (Å²) in [6.45, 7) is 0. The van der Waals surface area contributed by atoms with E-state index in [1.54, 1.807) is 0 Å². The topological polar surface area (TPSA) is 305 Å². The maximum Gasteiger partial charge on any atom is 0.256 e. The van der Waals surface area contributed by atoms with Crippen LogP contribution >= 0.6 is 0 Å². The second-order valence-corrected chi connectivity index (χ2v) is 6.56. The van der Waals surface area contributed by atoms with E-state index in [2.05, 4.69) is 10.6 Å². The second-order valence-electron chi connectivity index (χ2n) is 6.56. The molecule has 0 heterocycles. The van der Waals surface area contributed by atoms with Gasteiger partial charge >= 0.3 is 0 Å². The molecule has 182 valence electrons. The molecule has 0 bridgehead atoms. The lowest BCUT2D eigenvalue weighted by Gasteiger charge is -2.20. The van der Waals surface area contributed by atoms with Gasteiger partial charge in [-0.05, 0) is 19.3 Å². The zero-order chi connectivity index (χ0) is 24.7. The Hall–Kier alpha value is -3.38. The minimum Gasteiger partial charge on any atom is -0.344 e. The average Bonchev–Trinajstić information content (AvgIpc) is 2.80. The monoisotopic (exact) mass is 461 g/mol. The van der Waals surface area contributed by atoms with Crippen molar-refractivity contribution in [3.63, 3.8) is 0 Å². The molecule has 0 aliphatic rings. The van der Waals surface area contributed by atoms with Crippen LogP contribution in [0.4, 0.5) is 0 Å². The molecule has 16 N–H and O–H groups in total. The molecule has 0 aromatic carbocycles. The van der Waals surface area contributed by atoms with Crippen LogP contribution in [0.5, 0.6) is 0 Å². The van der Waals surface area contributed by atoms with Crippen LogP contribution in [0.15, 0.2) is 0 Å². The lowest BCUT2D eigenvalue weighted by molar-refractivity contribution is -0.131. The van der Waals surface area contributed by atoms with Crippen molar-refractivity contribution in [3.8, 4) is 0 Å². The summed E-state index contributed by atoms with van der Waals surface area (Å²) in [5.74, 6) is 16.0. The van der Waals surface area contributed by atoms with Crippen molar-refractivity contribution >= 4 is 35.4 Å². The molecular formula is C15H31N11O6. The summed E-state index contributed by atoms with van der Waals surface area (Å²) >= 11 is 0. The normalized spacial score (nSPS) is 13.0. The maximum absolute atomic E-state index is 12.2. The van der Waals surface area contributed by atoms with Gasteiger partial charge in [0.25, 0.3) is 11.8 Å². The summed E-state index contributed by atoms with van der Waals surface area (Å²) in [4.78, 5) is 70.4. The van der Waals surface area contributed by atoms with Crippen molar-refractivity contribution in [2.45, 2.75) is 56.7 Å². The van der Waals surface area contributed by atoms with Gasteiger partial charge in [-0.1, -0.05) is 0 Å². The SMILES string of the molecule is NNC(=O)CC[C@H](NC(=O)CC[C@H](N)C(=O)N[C@@H](CCC(=O)NN)C(=O)NN)C(=O)NN. The van der Waals surface area contributed by atoms with Crippen molar-refractivity contribution in [2.24, 2.45) is 29.1 Å². The third-order valence-corrected chi connectivity index (χ3v) is 4.23. The average molecular weight is 461 g/mol. The molecule has 0 fully saturated rings. The summed E-state index contributed by atoms with van der Waals surface area (Å²) < 4.78 is 0. The molecule has 0 radical (unpaired) electrons. The van der Waals surface area contributed by atoms with E-state index < -0.39 is 53.6 Å². The van der Waals surface area contributed by atoms with Gasteiger partial charge in [-0.25, -0.2) is 23.4 Å². The largest absolute Gasteiger partial charge is 0.344 e. The molecule has 0 spiro atoms. The molecule has 6 amide bonds. The molecule has 17 nitrogen and oxygen atoms in total. The van der Waals surface area contributed by atoms with Crippen LogP contribution < -0.4 is 61.4 Å². The van der Waals surface area contributed by atoms with Gasteiger partial charge in [-0.15, -0.1) is 0 Å². The van der Waals surface area contributed by atoms with Crippen LogP contribution in [0, 0.1) is 0 Å². The number of hydrazine groups is 4. The first-order chi connectivity index (χ1) is 15.1.